The van der Waals surface area contributed by atoms with Crippen molar-refractivity contribution < 1.29 is 10.2 Å². The first kappa shape index (κ1) is 15.9. The van der Waals surface area contributed by atoms with E-state index in [0.29, 0.717) is 0 Å². The lowest BCUT2D eigenvalue weighted by atomic mass is 10.1. The Bertz CT molecular complexity index is 384. The van der Waals surface area contributed by atoms with Crippen molar-refractivity contribution in [3.8, 4) is 0 Å². The molecular weight excluding hydrogens is 252 g/mol. The Morgan fingerprint density at radius 2 is 1.58 bits per heavy atom. The van der Waals surface area contributed by atoms with Gasteiger partial charge in [-0.15, -0.1) is 0 Å². The fourth-order valence-electron chi connectivity index (χ4n) is 2.18. The van der Waals surface area contributed by atoms with Crippen molar-refractivity contribution in [2.75, 3.05) is 13.2 Å². The summed E-state index contributed by atoms with van der Waals surface area (Å²) in [6.07, 6.45) is 5.88. The van der Waals surface area contributed by atoms with Gasteiger partial charge in [0.05, 0.1) is 21.3 Å². The normalized spacial score (nSPS) is 15.1. The number of aryl methyl sites for hydroxylation is 1. The van der Waals surface area contributed by atoms with Gasteiger partial charge in [0.25, 0.3) is 0 Å². The largest absolute Gasteiger partial charge is 0.392 e. The Morgan fingerprint density at radius 1 is 1.00 bits per heavy atom. The van der Waals surface area contributed by atoms with Gasteiger partial charge in [-0.1, -0.05) is 72.9 Å². The van der Waals surface area contributed by atoms with E-state index in [1.165, 1.54) is 5.56 Å². The Balaban J connectivity index is 2.53. The average Bonchev–Trinajstić information content (AvgIpc) is 2.44. The van der Waals surface area contributed by atoms with Gasteiger partial charge in [-0.3, -0.25) is 0 Å². The molecule has 3 heteroatoms. The van der Waals surface area contributed by atoms with E-state index in [9.17, 15) is 0 Å². The van der Waals surface area contributed by atoms with Crippen LogP contribution in [0.15, 0.2) is 53.9 Å². The van der Waals surface area contributed by atoms with Gasteiger partial charge in [-0.25, -0.2) is 0 Å². The Labute approximate surface area is 117 Å². The molecule has 104 valence electrons. The molecule has 0 heterocycles. The number of aliphatic hydroxyl groups excluding tert-OH is 2. The van der Waals surface area contributed by atoms with Gasteiger partial charge in [0, 0.05) is 0 Å². The predicted molar refractivity (Wildman–Crippen MR) is 83.6 cm³/mol. The lowest BCUT2D eigenvalue weighted by molar-refractivity contribution is 0.343. The Hall–Kier alpha value is -1.16. The molecule has 0 amide bonds. The first-order valence-corrected chi connectivity index (χ1v) is 9.67. The Kier molecular flexibility index (Phi) is 7.41. The highest BCUT2D eigenvalue weighted by Gasteiger charge is 2.19. The molecule has 0 spiro atoms. The number of hydrogen-bond acceptors (Lipinski definition) is 2. The molecule has 19 heavy (non-hydrogen) atoms. The third-order valence-corrected chi connectivity index (χ3v) is 6.66. The van der Waals surface area contributed by atoms with Crippen molar-refractivity contribution in [2.24, 2.45) is 0 Å². The third-order valence-electron chi connectivity index (χ3n) is 3.23. The van der Waals surface area contributed by atoms with Gasteiger partial charge in [0.1, 0.15) is 0 Å². The van der Waals surface area contributed by atoms with Gasteiger partial charge < -0.3 is 10.2 Å². The van der Waals surface area contributed by atoms with Crippen LogP contribution in [0.4, 0.5) is 0 Å². The molecule has 0 unspecified atom stereocenters. The van der Waals surface area contributed by atoms with Crippen molar-refractivity contribution >= 4 is 8.07 Å². The summed E-state index contributed by atoms with van der Waals surface area (Å²) < 4.78 is 0. The summed E-state index contributed by atoms with van der Waals surface area (Å²) in [5, 5.41) is 17.8. The highest BCUT2D eigenvalue weighted by molar-refractivity contribution is 6.87. The van der Waals surface area contributed by atoms with E-state index in [1.807, 2.05) is 18.2 Å². The average molecular weight is 276 g/mol. The van der Waals surface area contributed by atoms with Gasteiger partial charge in [0.2, 0.25) is 0 Å². The maximum absolute atomic E-state index is 8.92. The predicted octanol–water partition coefficient (Wildman–Crippen LogP) is 2.87. The second-order valence-electron chi connectivity index (χ2n) is 5.01. The monoisotopic (exact) mass is 276 g/mol. The van der Waals surface area contributed by atoms with Crippen molar-refractivity contribution in [3.05, 3.63) is 59.4 Å². The molecule has 0 saturated heterocycles. The van der Waals surface area contributed by atoms with E-state index < -0.39 is 8.07 Å². The fourth-order valence-corrected chi connectivity index (χ4v) is 4.85. The molecular formula is C16H24O2Si. The summed E-state index contributed by atoms with van der Waals surface area (Å²) in [4.78, 5) is 0. The van der Waals surface area contributed by atoms with Crippen molar-refractivity contribution in [1.29, 1.82) is 0 Å². The maximum atomic E-state index is 8.92. The highest BCUT2D eigenvalue weighted by atomic mass is 28.3. The lowest BCUT2D eigenvalue weighted by Gasteiger charge is -2.19. The first-order valence-electron chi connectivity index (χ1n) is 6.81. The standard InChI is InChI=1S/C16H24O2Si/c1-19(14-6-11-17,15-7-12-18)13-5-10-16-8-3-2-4-9-16/h2-4,6-9,14-15,17-18H,5,10-13H2,1H3. The summed E-state index contributed by atoms with van der Waals surface area (Å²) in [7, 11) is -1.63. The van der Waals surface area contributed by atoms with Crippen molar-refractivity contribution in [2.45, 2.75) is 25.4 Å². The minimum absolute atomic E-state index is 0.0915. The molecule has 0 aromatic heterocycles. The van der Waals surface area contributed by atoms with Crippen LogP contribution in [0.25, 0.3) is 0 Å². The molecule has 0 saturated carbocycles. The summed E-state index contributed by atoms with van der Waals surface area (Å²) in [6, 6.07) is 11.6. The van der Waals surface area contributed by atoms with Crippen LogP contribution in [-0.2, 0) is 6.42 Å². The molecule has 0 aliphatic heterocycles. The minimum atomic E-state index is -1.63. The number of benzene rings is 1. The zero-order valence-corrected chi connectivity index (χ0v) is 12.6. The maximum Gasteiger partial charge on any atom is 0.0980 e. The van der Waals surface area contributed by atoms with Gasteiger partial charge in [-0.05, 0) is 12.0 Å². The molecule has 2 N–H and O–H groups in total. The summed E-state index contributed by atoms with van der Waals surface area (Å²) in [5.74, 6) is 0. The van der Waals surface area contributed by atoms with Crippen LogP contribution >= 0.6 is 0 Å². The quantitative estimate of drug-likeness (QED) is 0.717. The molecule has 1 aromatic carbocycles. The topological polar surface area (TPSA) is 40.5 Å². The summed E-state index contributed by atoms with van der Waals surface area (Å²) in [6.45, 7) is 2.44. The molecule has 0 bridgehead atoms. The molecule has 2 nitrogen and oxygen atoms in total. The fraction of sp³-hybridized carbons (Fsp3) is 0.375. The molecule has 1 aromatic rings. The molecule has 0 aliphatic rings. The summed E-state index contributed by atoms with van der Waals surface area (Å²) in [5.41, 5.74) is 5.69. The van der Waals surface area contributed by atoms with E-state index in [-0.39, 0.29) is 13.2 Å². The molecule has 0 aliphatic carbocycles. The molecule has 0 fully saturated rings. The van der Waals surface area contributed by atoms with Crippen molar-refractivity contribution in [1.82, 2.24) is 0 Å². The van der Waals surface area contributed by atoms with Crippen LogP contribution in [0.1, 0.15) is 12.0 Å². The van der Waals surface area contributed by atoms with Crippen LogP contribution in [0.5, 0.6) is 0 Å². The number of rotatable bonds is 8. The van der Waals surface area contributed by atoms with Crippen LogP contribution in [0.2, 0.25) is 12.6 Å². The van der Waals surface area contributed by atoms with Crippen LogP contribution in [-0.4, -0.2) is 31.5 Å². The SMILES string of the molecule is C[Si](C=CCO)(C=CCO)CCCc1ccccc1. The van der Waals surface area contributed by atoms with E-state index in [1.54, 1.807) is 0 Å². The smallest absolute Gasteiger partial charge is 0.0980 e. The lowest BCUT2D eigenvalue weighted by Crippen LogP contribution is -2.25. The summed E-state index contributed by atoms with van der Waals surface area (Å²) >= 11 is 0. The number of aliphatic hydroxyl groups is 2. The second kappa shape index (κ2) is 8.86. The van der Waals surface area contributed by atoms with E-state index in [0.717, 1.165) is 18.9 Å². The van der Waals surface area contributed by atoms with Gasteiger partial charge in [0.15, 0.2) is 0 Å². The minimum Gasteiger partial charge on any atom is -0.392 e. The van der Waals surface area contributed by atoms with Gasteiger partial charge in [-0.2, -0.15) is 0 Å². The molecule has 0 radical (unpaired) electrons. The first-order chi connectivity index (χ1) is 9.20. The van der Waals surface area contributed by atoms with E-state index in [2.05, 4.69) is 42.2 Å². The van der Waals surface area contributed by atoms with Crippen LogP contribution in [0.3, 0.4) is 0 Å². The second-order valence-corrected chi connectivity index (χ2v) is 9.19. The third kappa shape index (κ3) is 6.52. The van der Waals surface area contributed by atoms with Crippen LogP contribution < -0.4 is 0 Å². The molecule has 1 rings (SSSR count). The number of hydrogen-bond donors (Lipinski definition) is 2. The van der Waals surface area contributed by atoms with E-state index >= 15 is 0 Å². The highest BCUT2D eigenvalue weighted by Crippen LogP contribution is 2.18. The van der Waals surface area contributed by atoms with E-state index in [4.69, 9.17) is 10.2 Å². The van der Waals surface area contributed by atoms with Gasteiger partial charge >= 0.3 is 0 Å². The Morgan fingerprint density at radius 3 is 2.11 bits per heavy atom. The zero-order chi connectivity index (χ0) is 14.0. The van der Waals surface area contributed by atoms with Crippen molar-refractivity contribution in [3.63, 3.8) is 0 Å². The van der Waals surface area contributed by atoms with Crippen LogP contribution in [0, 0.1) is 0 Å². The zero-order valence-electron chi connectivity index (χ0n) is 11.6. The molecule has 0 atom stereocenters.